The molecule has 5 rings (SSSR count). The molecule has 0 radical (unpaired) electrons. The summed E-state index contributed by atoms with van der Waals surface area (Å²) in [4.78, 5) is 28.7. The average Bonchev–Trinajstić information content (AvgIpc) is 3.30. The number of piperazine rings is 1. The molecule has 0 atom stereocenters. The summed E-state index contributed by atoms with van der Waals surface area (Å²) in [7, 11) is -3.81. The smallest absolute Gasteiger partial charge is 0.269 e. The summed E-state index contributed by atoms with van der Waals surface area (Å²) in [6, 6.07) is 21.9. The largest absolute Gasteiger partial charge is 0.368 e. The van der Waals surface area contributed by atoms with Gasteiger partial charge < -0.3 is 14.4 Å². The van der Waals surface area contributed by atoms with Crippen LogP contribution in [-0.2, 0) is 10.0 Å². The highest BCUT2D eigenvalue weighted by Gasteiger charge is 2.30. The van der Waals surface area contributed by atoms with Crippen molar-refractivity contribution >= 4 is 44.6 Å². The van der Waals surface area contributed by atoms with Crippen molar-refractivity contribution in [2.45, 2.75) is 26.8 Å². The maximum Gasteiger partial charge on any atom is 0.269 e. The van der Waals surface area contributed by atoms with Gasteiger partial charge in [-0.3, -0.25) is 14.9 Å². The van der Waals surface area contributed by atoms with Gasteiger partial charge in [-0.05, 0) is 68.3 Å². The predicted octanol–water partition coefficient (Wildman–Crippen LogP) is 6.29. The highest BCUT2D eigenvalue weighted by atomic mass is 35.5. The van der Waals surface area contributed by atoms with Crippen LogP contribution in [0.15, 0.2) is 72.8 Å². The number of hydrogen-bond acceptors (Lipinski definition) is 7. The monoisotopic (exact) mass is 635 g/mol. The number of non-ortho nitro benzene ring substituents is 1. The Kier molecular flexibility index (Phi) is 8.71. The Morgan fingerprint density at radius 1 is 0.909 bits per heavy atom. The zero-order chi connectivity index (χ0) is 31.8. The molecule has 10 nitrogen and oxygen atoms in total. The van der Waals surface area contributed by atoms with E-state index >= 15 is 0 Å². The molecule has 0 bridgehead atoms. The van der Waals surface area contributed by atoms with E-state index in [0.717, 1.165) is 60.6 Å². The lowest BCUT2D eigenvalue weighted by Crippen LogP contribution is -2.46. The van der Waals surface area contributed by atoms with Gasteiger partial charge in [-0.25, -0.2) is 13.1 Å². The second kappa shape index (κ2) is 12.3. The van der Waals surface area contributed by atoms with Gasteiger partial charge in [-0.2, -0.15) is 0 Å². The third-order valence-corrected chi connectivity index (χ3v) is 8.60. The molecule has 0 spiro atoms. The highest BCUT2D eigenvalue weighted by molar-refractivity contribution is 7.89. The minimum atomic E-state index is -3.81. The maximum absolute atomic E-state index is 13.6. The summed E-state index contributed by atoms with van der Waals surface area (Å²) in [5.74, 6) is -0.684. The number of benzene rings is 3. The highest BCUT2D eigenvalue weighted by Crippen LogP contribution is 2.42. The van der Waals surface area contributed by atoms with E-state index in [-0.39, 0.29) is 11.7 Å². The first kappa shape index (κ1) is 31.1. The van der Waals surface area contributed by atoms with E-state index < -0.39 is 20.9 Å². The van der Waals surface area contributed by atoms with E-state index in [2.05, 4.69) is 19.1 Å². The van der Waals surface area contributed by atoms with Crippen LogP contribution in [-0.4, -0.2) is 56.3 Å². The van der Waals surface area contributed by atoms with Crippen molar-refractivity contribution in [3.05, 3.63) is 99.2 Å². The van der Waals surface area contributed by atoms with Crippen molar-refractivity contribution in [1.82, 2.24) is 9.29 Å². The van der Waals surface area contributed by atoms with E-state index in [9.17, 15) is 23.3 Å². The molecule has 1 aliphatic rings. The van der Waals surface area contributed by atoms with Gasteiger partial charge in [0.1, 0.15) is 0 Å². The summed E-state index contributed by atoms with van der Waals surface area (Å²) in [6.45, 7) is 8.77. The fourth-order valence-electron chi connectivity index (χ4n) is 5.89. The van der Waals surface area contributed by atoms with Crippen LogP contribution in [0.3, 0.4) is 0 Å². The van der Waals surface area contributed by atoms with Gasteiger partial charge in [0.2, 0.25) is 10.0 Å². The van der Waals surface area contributed by atoms with Crippen molar-refractivity contribution in [1.29, 1.82) is 0 Å². The van der Waals surface area contributed by atoms with Crippen LogP contribution in [0.4, 0.5) is 17.1 Å². The maximum atomic E-state index is 13.6. The number of nitro benzene ring substituents is 1. The molecule has 1 aliphatic heterocycles. The zero-order valence-corrected chi connectivity index (χ0v) is 26.5. The van der Waals surface area contributed by atoms with Crippen LogP contribution in [0, 0.1) is 17.0 Å². The molecule has 12 heteroatoms. The van der Waals surface area contributed by atoms with Gasteiger partial charge in [0.25, 0.3) is 11.6 Å². The number of rotatable bonds is 8. The lowest BCUT2D eigenvalue weighted by molar-refractivity contribution is -0.384. The van der Waals surface area contributed by atoms with Crippen LogP contribution in [0.1, 0.15) is 35.9 Å². The summed E-state index contributed by atoms with van der Waals surface area (Å²) < 4.78 is 28.5. The molecule has 0 saturated carbocycles. The van der Waals surface area contributed by atoms with E-state index in [4.69, 9.17) is 11.6 Å². The van der Waals surface area contributed by atoms with Crippen LogP contribution >= 0.6 is 11.6 Å². The second-order valence-electron chi connectivity index (χ2n) is 11.2. The fourth-order valence-corrected chi connectivity index (χ4v) is 6.45. The van der Waals surface area contributed by atoms with Gasteiger partial charge in [0, 0.05) is 72.0 Å². The number of nitrogens with one attached hydrogen (secondary N) is 1. The van der Waals surface area contributed by atoms with Crippen molar-refractivity contribution in [3.8, 4) is 22.4 Å². The van der Waals surface area contributed by atoms with Crippen LogP contribution in [0.2, 0.25) is 5.02 Å². The molecular weight excluding hydrogens is 602 g/mol. The number of nitro groups is 1. The lowest BCUT2D eigenvalue weighted by atomic mass is 9.96. The first-order valence-corrected chi connectivity index (χ1v) is 16.5. The van der Waals surface area contributed by atoms with Gasteiger partial charge in [-0.15, -0.1) is 0 Å². The van der Waals surface area contributed by atoms with Crippen molar-refractivity contribution < 1.29 is 18.1 Å². The van der Waals surface area contributed by atoms with Gasteiger partial charge in [0.05, 0.1) is 22.4 Å². The SMILES string of the molecule is Cc1c(C(=O)NS(C)(=O)=O)c(-c2cccc(N3CCN(c4ccc([N+](=O)[O-])cc4)CC3)c2)c(-c2ccc(Cl)cc2)n1C(C)C. The number of carbonyl (C=O) groups is 1. The Bertz CT molecular complexity index is 1810. The Labute approximate surface area is 262 Å². The Balaban J connectivity index is 1.55. The Hall–Kier alpha value is -4.35. The molecule has 44 heavy (non-hydrogen) atoms. The lowest BCUT2D eigenvalue weighted by Gasteiger charge is -2.37. The second-order valence-corrected chi connectivity index (χ2v) is 13.3. The normalized spacial score (nSPS) is 13.8. The molecule has 2 heterocycles. The molecule has 3 aromatic carbocycles. The molecule has 0 aliphatic carbocycles. The van der Waals surface area contributed by atoms with Crippen LogP contribution in [0.5, 0.6) is 0 Å². The van der Waals surface area contributed by atoms with Crippen LogP contribution in [0.25, 0.3) is 22.4 Å². The third kappa shape index (κ3) is 6.44. The van der Waals surface area contributed by atoms with Gasteiger partial charge in [0.15, 0.2) is 0 Å². The zero-order valence-electron chi connectivity index (χ0n) is 25.0. The number of halogens is 1. The fraction of sp³-hybridized carbons (Fsp3) is 0.281. The molecule has 1 fully saturated rings. The molecular formula is C32H34ClN5O5S. The van der Waals surface area contributed by atoms with E-state index in [1.54, 1.807) is 24.3 Å². The van der Waals surface area contributed by atoms with Crippen LogP contribution < -0.4 is 14.5 Å². The third-order valence-electron chi connectivity index (χ3n) is 7.80. The predicted molar refractivity (Wildman–Crippen MR) is 175 cm³/mol. The van der Waals surface area contributed by atoms with Crippen molar-refractivity contribution in [3.63, 3.8) is 0 Å². The summed E-state index contributed by atoms with van der Waals surface area (Å²) in [5.41, 5.74) is 6.00. The number of anilines is 2. The molecule has 0 unspecified atom stereocenters. The van der Waals surface area contributed by atoms with E-state index in [1.807, 2.05) is 57.2 Å². The van der Waals surface area contributed by atoms with Gasteiger partial charge >= 0.3 is 0 Å². The molecule has 4 aromatic rings. The first-order valence-electron chi connectivity index (χ1n) is 14.2. The van der Waals surface area contributed by atoms with E-state index in [1.165, 1.54) is 12.1 Å². The first-order chi connectivity index (χ1) is 20.8. The minimum Gasteiger partial charge on any atom is -0.368 e. The molecule has 230 valence electrons. The Morgan fingerprint density at radius 3 is 2.05 bits per heavy atom. The molecule has 1 saturated heterocycles. The molecule has 1 aromatic heterocycles. The number of amides is 1. The molecule has 1 amide bonds. The Morgan fingerprint density at radius 2 is 1.50 bits per heavy atom. The van der Waals surface area contributed by atoms with E-state index in [0.29, 0.717) is 21.8 Å². The summed E-state index contributed by atoms with van der Waals surface area (Å²) in [5, 5.41) is 11.6. The standard InChI is InChI=1S/C32H34ClN5O5S/c1-21(2)37-22(3)29(32(39)34-44(4,42)43)30(31(37)23-8-10-25(33)11-9-23)24-6-5-7-28(20-24)36-18-16-35(17-19-36)26-12-14-27(15-13-26)38(40)41/h5-15,20-21H,16-19H2,1-4H3,(H,34,39). The molecule has 1 N–H and O–H groups in total. The minimum absolute atomic E-state index is 0.0325. The summed E-state index contributed by atoms with van der Waals surface area (Å²) in [6.07, 6.45) is 0.969. The van der Waals surface area contributed by atoms with Gasteiger partial charge in [-0.1, -0.05) is 35.9 Å². The summed E-state index contributed by atoms with van der Waals surface area (Å²) >= 11 is 6.22. The number of aromatic nitrogens is 1. The van der Waals surface area contributed by atoms with Crippen molar-refractivity contribution in [2.24, 2.45) is 0 Å². The quantitative estimate of drug-likeness (QED) is 0.179. The number of hydrogen-bond donors (Lipinski definition) is 1. The number of sulfonamides is 1. The topological polar surface area (TPSA) is 118 Å². The van der Waals surface area contributed by atoms with Crippen molar-refractivity contribution in [2.75, 3.05) is 42.2 Å². The average molecular weight is 636 g/mol. The number of carbonyl (C=O) groups excluding carboxylic acids is 1. The number of nitrogens with zero attached hydrogens (tertiary/aromatic N) is 4.